The second-order valence-electron chi connectivity index (χ2n) is 4.21. The molecule has 2 rings (SSSR count). The molecule has 20 heavy (non-hydrogen) atoms. The van der Waals surface area contributed by atoms with Crippen molar-refractivity contribution in [2.75, 3.05) is 6.26 Å². The van der Waals surface area contributed by atoms with Gasteiger partial charge in [-0.2, -0.15) is 0 Å². The number of benzene rings is 1. The van der Waals surface area contributed by atoms with Gasteiger partial charge in [-0.25, -0.2) is 8.42 Å². The van der Waals surface area contributed by atoms with E-state index in [1.165, 1.54) is 23.5 Å². The Morgan fingerprint density at radius 3 is 2.70 bits per heavy atom. The van der Waals surface area contributed by atoms with E-state index in [2.05, 4.69) is 21.2 Å². The van der Waals surface area contributed by atoms with Crippen LogP contribution in [0.3, 0.4) is 0 Å². The predicted molar refractivity (Wildman–Crippen MR) is 82.7 cm³/mol. The first-order valence-electron chi connectivity index (χ1n) is 5.67. The Morgan fingerprint density at radius 2 is 2.10 bits per heavy atom. The zero-order chi connectivity index (χ0) is 14.8. The Bertz CT molecular complexity index is 738. The summed E-state index contributed by atoms with van der Waals surface area (Å²) in [7, 11) is -3.31. The van der Waals surface area contributed by atoms with Gasteiger partial charge in [0.15, 0.2) is 9.84 Å². The maximum absolute atomic E-state index is 12.0. The number of hydrogen-bond acceptors (Lipinski definition) is 4. The van der Waals surface area contributed by atoms with Gasteiger partial charge in [0.1, 0.15) is 0 Å². The molecule has 1 amide bonds. The third-order valence-corrected chi connectivity index (χ3v) is 5.38. The van der Waals surface area contributed by atoms with Gasteiger partial charge in [-0.1, -0.05) is 6.07 Å². The molecule has 0 aliphatic rings. The van der Waals surface area contributed by atoms with Gasteiger partial charge in [-0.05, 0) is 40.2 Å². The highest BCUT2D eigenvalue weighted by molar-refractivity contribution is 9.10. The van der Waals surface area contributed by atoms with Crippen LogP contribution in [0, 0.1) is 0 Å². The number of carbonyl (C=O) groups excluding carboxylic acids is 1. The fourth-order valence-electron chi connectivity index (χ4n) is 1.58. The van der Waals surface area contributed by atoms with E-state index in [0.29, 0.717) is 12.1 Å². The van der Waals surface area contributed by atoms with E-state index in [1.807, 2.05) is 11.4 Å². The summed E-state index contributed by atoms with van der Waals surface area (Å²) < 4.78 is 23.9. The van der Waals surface area contributed by atoms with Crippen LogP contribution in [0.2, 0.25) is 0 Å². The van der Waals surface area contributed by atoms with E-state index < -0.39 is 9.84 Å². The Labute approximate surface area is 129 Å². The van der Waals surface area contributed by atoms with Crippen LogP contribution in [0.5, 0.6) is 0 Å². The van der Waals surface area contributed by atoms with E-state index in [9.17, 15) is 13.2 Å². The molecule has 2 aromatic rings. The fourth-order valence-corrected chi connectivity index (χ4v) is 3.64. The summed E-state index contributed by atoms with van der Waals surface area (Å²) in [6, 6.07) is 7.94. The molecule has 0 spiro atoms. The average molecular weight is 374 g/mol. The van der Waals surface area contributed by atoms with Gasteiger partial charge in [0, 0.05) is 26.5 Å². The Kier molecular flexibility index (Phi) is 4.62. The van der Waals surface area contributed by atoms with Crippen LogP contribution in [-0.2, 0) is 16.4 Å². The molecule has 0 aliphatic heterocycles. The molecular weight excluding hydrogens is 362 g/mol. The van der Waals surface area contributed by atoms with Crippen LogP contribution in [0.1, 0.15) is 15.2 Å². The van der Waals surface area contributed by atoms with Crippen molar-refractivity contribution in [1.29, 1.82) is 0 Å². The van der Waals surface area contributed by atoms with Gasteiger partial charge >= 0.3 is 0 Å². The van der Waals surface area contributed by atoms with Crippen LogP contribution in [0.15, 0.2) is 45.1 Å². The van der Waals surface area contributed by atoms with Gasteiger partial charge in [-0.15, -0.1) is 11.3 Å². The third kappa shape index (κ3) is 3.91. The van der Waals surface area contributed by atoms with Crippen molar-refractivity contribution in [2.24, 2.45) is 0 Å². The smallest absolute Gasteiger partial charge is 0.251 e. The zero-order valence-electron chi connectivity index (χ0n) is 10.6. The summed E-state index contributed by atoms with van der Waals surface area (Å²) in [5.74, 6) is -0.292. The molecule has 0 saturated carbocycles. The molecule has 7 heteroatoms. The topological polar surface area (TPSA) is 63.2 Å². The Hall–Kier alpha value is -1.18. The highest BCUT2D eigenvalue weighted by Crippen LogP contribution is 2.19. The van der Waals surface area contributed by atoms with Crippen molar-refractivity contribution in [3.05, 3.63) is 50.6 Å². The summed E-state index contributed by atoms with van der Waals surface area (Å²) in [6.45, 7) is 0.415. The molecule has 0 bridgehead atoms. The minimum atomic E-state index is -3.31. The summed E-state index contributed by atoms with van der Waals surface area (Å²) in [6.07, 6.45) is 1.12. The number of thiophene rings is 1. The summed E-state index contributed by atoms with van der Waals surface area (Å²) >= 11 is 4.88. The van der Waals surface area contributed by atoms with Gasteiger partial charge < -0.3 is 5.32 Å². The molecule has 1 aromatic heterocycles. The number of rotatable bonds is 4. The molecule has 4 nitrogen and oxygen atoms in total. The lowest BCUT2D eigenvalue weighted by Gasteiger charge is -2.05. The van der Waals surface area contributed by atoms with Gasteiger partial charge in [0.2, 0.25) is 0 Å². The number of sulfone groups is 1. The number of carbonyl (C=O) groups is 1. The highest BCUT2D eigenvalue weighted by atomic mass is 79.9. The van der Waals surface area contributed by atoms with Crippen molar-refractivity contribution in [2.45, 2.75) is 11.4 Å². The summed E-state index contributed by atoms with van der Waals surface area (Å²) in [5.41, 5.74) is 0.337. The predicted octanol–water partition coefficient (Wildman–Crippen LogP) is 2.84. The Morgan fingerprint density at radius 1 is 1.35 bits per heavy atom. The van der Waals surface area contributed by atoms with Crippen LogP contribution in [-0.4, -0.2) is 20.6 Å². The van der Waals surface area contributed by atoms with Gasteiger partial charge in [-0.3, -0.25) is 4.79 Å². The normalized spacial score (nSPS) is 11.3. The van der Waals surface area contributed by atoms with Crippen molar-refractivity contribution in [3.63, 3.8) is 0 Å². The molecule has 1 heterocycles. The number of nitrogens with one attached hydrogen (secondary N) is 1. The molecule has 0 radical (unpaired) electrons. The van der Waals surface area contributed by atoms with Crippen molar-refractivity contribution >= 4 is 43.0 Å². The largest absolute Gasteiger partial charge is 0.347 e. The van der Waals surface area contributed by atoms with Crippen LogP contribution in [0.4, 0.5) is 0 Å². The lowest BCUT2D eigenvalue weighted by molar-refractivity contribution is 0.0951. The summed E-state index contributed by atoms with van der Waals surface area (Å²) in [5, 5.41) is 4.70. The quantitative estimate of drug-likeness (QED) is 0.895. The maximum atomic E-state index is 12.0. The van der Waals surface area contributed by atoms with Crippen LogP contribution in [0.25, 0.3) is 0 Å². The first-order chi connectivity index (χ1) is 9.36. The lowest BCUT2D eigenvalue weighted by atomic mass is 10.2. The molecule has 1 aromatic carbocycles. The summed E-state index contributed by atoms with van der Waals surface area (Å²) in [4.78, 5) is 13.2. The molecule has 0 unspecified atom stereocenters. The van der Waals surface area contributed by atoms with Crippen molar-refractivity contribution in [3.8, 4) is 0 Å². The minimum Gasteiger partial charge on any atom is -0.347 e. The number of halogens is 1. The first kappa shape index (κ1) is 15.2. The molecule has 0 atom stereocenters. The van der Waals surface area contributed by atoms with Crippen molar-refractivity contribution < 1.29 is 13.2 Å². The SMILES string of the molecule is CS(=O)(=O)c1cccc(C(=O)NCc2cc(Br)cs2)c1. The minimum absolute atomic E-state index is 0.143. The lowest BCUT2D eigenvalue weighted by Crippen LogP contribution is -2.22. The second kappa shape index (κ2) is 6.07. The molecule has 0 fully saturated rings. The molecule has 0 saturated heterocycles. The van der Waals surface area contributed by atoms with Gasteiger partial charge in [0.25, 0.3) is 5.91 Å². The van der Waals surface area contributed by atoms with E-state index in [1.54, 1.807) is 12.1 Å². The van der Waals surface area contributed by atoms with E-state index in [0.717, 1.165) is 15.6 Å². The standard InChI is InChI=1S/C13H12BrNO3S2/c1-20(17,18)12-4-2-3-9(5-12)13(16)15-7-11-6-10(14)8-19-11/h2-6,8H,7H2,1H3,(H,15,16). The molecule has 1 N–H and O–H groups in total. The fraction of sp³-hybridized carbons (Fsp3) is 0.154. The van der Waals surface area contributed by atoms with E-state index in [-0.39, 0.29) is 10.8 Å². The zero-order valence-corrected chi connectivity index (χ0v) is 13.8. The van der Waals surface area contributed by atoms with Gasteiger partial charge in [0.05, 0.1) is 11.4 Å². The molecular formula is C13H12BrNO3S2. The average Bonchev–Trinajstić information content (AvgIpc) is 2.81. The highest BCUT2D eigenvalue weighted by Gasteiger charge is 2.11. The van der Waals surface area contributed by atoms with Crippen LogP contribution < -0.4 is 5.32 Å². The molecule has 0 aliphatic carbocycles. The van der Waals surface area contributed by atoms with E-state index in [4.69, 9.17) is 0 Å². The monoisotopic (exact) mass is 373 g/mol. The van der Waals surface area contributed by atoms with Crippen LogP contribution >= 0.6 is 27.3 Å². The number of hydrogen-bond donors (Lipinski definition) is 1. The first-order valence-corrected chi connectivity index (χ1v) is 9.24. The third-order valence-electron chi connectivity index (χ3n) is 2.57. The van der Waals surface area contributed by atoms with E-state index >= 15 is 0 Å². The second-order valence-corrected chi connectivity index (χ2v) is 8.14. The number of amides is 1. The Balaban J connectivity index is 2.10. The molecule has 106 valence electrons. The maximum Gasteiger partial charge on any atom is 0.251 e. The van der Waals surface area contributed by atoms with Crippen molar-refractivity contribution in [1.82, 2.24) is 5.32 Å².